The van der Waals surface area contributed by atoms with Crippen LogP contribution in [0.25, 0.3) is 94.3 Å². The highest BCUT2D eigenvalue weighted by Crippen LogP contribution is 2.67. The standard InChI is InChI=1S/C92H49B2N3/c1-9-33-60-50(23-1)51-24-2-10-34-61(51)89(60)68-41-17-19-45-76(68)93-78-58-31-21-43-70-82(58)95-84-72(91(70)64-37-13-5-27-54(64)55-28-6-14-38-65(55)91)47-48-73-85(84)96-83-59(32-22-44-71(83)92(73)66-39-15-7-29-56(66)57-30-8-16-40-67(57)92)79-88(96)97(87(78)95)86-80(93)74(89)49-75-81(86)94(79)77-46-20-18-42-69(77)90(75)62-35-11-3-25-52(62)53-26-4-12-36-63(53)90/h1-49H. The highest BCUT2D eigenvalue weighted by atomic mass is 15.2. The summed E-state index contributed by atoms with van der Waals surface area (Å²) < 4.78 is 8.77. The fourth-order valence-electron chi connectivity index (χ4n) is 23.8. The van der Waals surface area contributed by atoms with Crippen LogP contribution in [-0.2, 0) is 21.7 Å². The van der Waals surface area contributed by atoms with Crippen LogP contribution >= 0.6 is 0 Å². The van der Waals surface area contributed by atoms with E-state index in [-0.39, 0.29) is 13.4 Å². The molecule has 4 aliphatic carbocycles. The van der Waals surface area contributed by atoms with Gasteiger partial charge in [-0.1, -0.05) is 308 Å². The van der Waals surface area contributed by atoms with E-state index in [1.165, 1.54) is 216 Å². The molecule has 5 heteroatoms. The summed E-state index contributed by atoms with van der Waals surface area (Å²) in [5, 5.41) is 2.65. The van der Waals surface area contributed by atoms with Gasteiger partial charge < -0.3 is 0 Å². The van der Waals surface area contributed by atoms with Crippen LogP contribution in [0.15, 0.2) is 297 Å². The lowest BCUT2D eigenvalue weighted by atomic mass is 9.25. The number of rotatable bonds is 0. The Hall–Kier alpha value is -11.9. The number of para-hydroxylation sites is 2. The Balaban J connectivity index is 0.972. The maximum absolute atomic E-state index is 2.96. The van der Waals surface area contributed by atoms with E-state index >= 15 is 0 Å². The van der Waals surface area contributed by atoms with E-state index in [1.807, 2.05) is 0 Å². The van der Waals surface area contributed by atoms with Crippen LogP contribution in [0.2, 0.25) is 0 Å². The molecule has 0 bridgehead atoms. The summed E-state index contributed by atoms with van der Waals surface area (Å²) in [6, 6.07) is 119. The summed E-state index contributed by atoms with van der Waals surface area (Å²) in [5.74, 6) is 0. The van der Waals surface area contributed by atoms with Gasteiger partial charge in [0.1, 0.15) is 11.3 Å². The maximum atomic E-state index is 2.96. The molecule has 0 N–H and O–H groups in total. The van der Waals surface area contributed by atoms with Crippen molar-refractivity contribution in [2.24, 2.45) is 0 Å². The SMILES string of the molecule is c1ccc2c(c1)B1c3c(cc4c5c3-n3c6c1c1cccc7c1n6c1c(ccc6c1n1c8c(cccc8c(c31)B5c1ccccc1C41c3ccccc3-c3ccccc31)C61c3ccccc3-c3ccccc31)C71c3ccccc3-c3ccccc31)C21c2ccccc2-c2ccccc21. The van der Waals surface area contributed by atoms with Gasteiger partial charge in [-0.05, 0) is 166 Å². The van der Waals surface area contributed by atoms with Crippen molar-refractivity contribution in [2.75, 3.05) is 0 Å². The van der Waals surface area contributed by atoms with Crippen LogP contribution in [0.4, 0.5) is 0 Å². The van der Waals surface area contributed by atoms with Crippen LogP contribution < -0.4 is 32.8 Å². The minimum atomic E-state index is -0.695. The van der Waals surface area contributed by atoms with Crippen LogP contribution in [-0.4, -0.2) is 26.8 Å². The van der Waals surface area contributed by atoms with E-state index in [0.29, 0.717) is 0 Å². The molecule has 0 saturated carbocycles. The second-order valence-corrected chi connectivity index (χ2v) is 29.3. The molecule has 0 fully saturated rings. The van der Waals surface area contributed by atoms with E-state index in [4.69, 9.17) is 0 Å². The molecule has 10 aliphatic rings. The third-order valence-electron chi connectivity index (χ3n) is 26.4. The van der Waals surface area contributed by atoms with Gasteiger partial charge in [0.25, 0.3) is 0 Å². The van der Waals surface area contributed by atoms with Crippen molar-refractivity contribution in [3.63, 3.8) is 0 Å². The summed E-state index contributed by atoms with van der Waals surface area (Å²) >= 11 is 0. The van der Waals surface area contributed by atoms with Crippen LogP contribution in [0.3, 0.4) is 0 Å². The van der Waals surface area contributed by atoms with Gasteiger partial charge in [-0.25, -0.2) is 0 Å². The van der Waals surface area contributed by atoms with Crippen molar-refractivity contribution in [1.29, 1.82) is 0 Å². The molecule has 0 amide bonds. The quantitative estimate of drug-likeness (QED) is 0.134. The fraction of sp³-hybridized carbons (Fsp3) is 0.0435. The molecule has 438 valence electrons. The predicted molar refractivity (Wildman–Crippen MR) is 395 cm³/mol. The molecule has 6 aliphatic heterocycles. The third-order valence-corrected chi connectivity index (χ3v) is 26.4. The minimum Gasteiger partial charge on any atom is -0.293 e. The second-order valence-electron chi connectivity index (χ2n) is 29.3. The largest absolute Gasteiger partial charge is 0.293 e. The zero-order valence-corrected chi connectivity index (χ0v) is 52.3. The van der Waals surface area contributed by atoms with Crippen LogP contribution in [0, 0.1) is 0 Å². The smallest absolute Gasteiger partial charge is 0.250 e. The fourth-order valence-corrected chi connectivity index (χ4v) is 23.8. The molecule has 17 aromatic rings. The zero-order valence-electron chi connectivity index (χ0n) is 52.3. The maximum Gasteiger partial charge on any atom is 0.250 e. The summed E-state index contributed by atoms with van der Waals surface area (Å²) in [5.41, 5.74) is 47.0. The number of aromatic nitrogens is 3. The molecule has 14 aromatic carbocycles. The average Bonchev–Trinajstić information content (AvgIpc) is 1.51. The van der Waals surface area contributed by atoms with Crippen molar-refractivity contribution < 1.29 is 0 Å². The Morgan fingerprint density at radius 1 is 0.206 bits per heavy atom. The zero-order chi connectivity index (χ0) is 62.1. The molecule has 0 saturated heterocycles. The Kier molecular flexibility index (Phi) is 7.83. The van der Waals surface area contributed by atoms with Gasteiger partial charge in [-0.3, -0.25) is 13.4 Å². The van der Waals surface area contributed by atoms with E-state index in [1.54, 1.807) is 0 Å². The number of hydrogen-bond acceptors (Lipinski definition) is 0. The van der Waals surface area contributed by atoms with Gasteiger partial charge in [0.2, 0.25) is 13.4 Å². The molecule has 0 unspecified atom stereocenters. The molecule has 0 radical (unpaired) electrons. The molecule has 3 nitrogen and oxygen atoms in total. The molecular weight excluding hydrogens is 1170 g/mol. The highest BCUT2D eigenvalue weighted by molar-refractivity contribution is 7.04. The Labute approximate surface area is 558 Å². The molecule has 4 spiro atoms. The van der Waals surface area contributed by atoms with Gasteiger partial charge in [0, 0.05) is 5.69 Å². The van der Waals surface area contributed by atoms with Crippen molar-refractivity contribution in [3.8, 4) is 50.2 Å². The minimum absolute atomic E-state index is 0.162. The summed E-state index contributed by atoms with van der Waals surface area (Å²) in [4.78, 5) is 0. The van der Waals surface area contributed by atoms with E-state index < -0.39 is 21.7 Å². The normalized spacial score (nSPS) is 16.5. The van der Waals surface area contributed by atoms with Crippen LogP contribution in [0.1, 0.15) is 89.0 Å². The van der Waals surface area contributed by atoms with Crippen molar-refractivity contribution in [3.05, 3.63) is 386 Å². The van der Waals surface area contributed by atoms with Crippen molar-refractivity contribution >= 4 is 90.3 Å². The first-order valence-electron chi connectivity index (χ1n) is 34.7. The summed E-state index contributed by atoms with van der Waals surface area (Å²) in [6.07, 6.45) is 0. The highest BCUT2D eigenvalue weighted by Gasteiger charge is 2.63. The lowest BCUT2D eigenvalue weighted by Gasteiger charge is -2.50. The lowest BCUT2D eigenvalue weighted by molar-refractivity contribution is 0.744. The first kappa shape index (κ1) is 48.8. The van der Waals surface area contributed by atoms with Gasteiger partial charge in [-0.2, -0.15) is 0 Å². The number of hydrogen-bond donors (Lipinski definition) is 0. The van der Waals surface area contributed by atoms with Crippen molar-refractivity contribution in [2.45, 2.75) is 21.7 Å². The van der Waals surface area contributed by atoms with E-state index in [2.05, 4.69) is 311 Å². The molecule has 3 aromatic heterocycles. The molecule has 27 rings (SSSR count). The van der Waals surface area contributed by atoms with E-state index in [0.717, 1.165) is 0 Å². The Bertz CT molecular complexity index is 6290. The summed E-state index contributed by atoms with van der Waals surface area (Å²) in [7, 11) is 0. The number of benzene rings is 14. The monoisotopic (exact) mass is 1220 g/mol. The van der Waals surface area contributed by atoms with Gasteiger partial charge in [-0.15, -0.1) is 0 Å². The predicted octanol–water partition coefficient (Wildman–Crippen LogP) is 15.4. The number of fused-ring (bicyclic) bond motifs is 36. The lowest BCUT2D eigenvalue weighted by Crippen LogP contribution is -2.71. The first-order valence-corrected chi connectivity index (χ1v) is 34.7. The van der Waals surface area contributed by atoms with Gasteiger partial charge >= 0.3 is 0 Å². The topological polar surface area (TPSA) is 13.8 Å². The Morgan fingerprint density at radius 3 is 0.784 bits per heavy atom. The Morgan fingerprint density at radius 2 is 0.464 bits per heavy atom. The average molecular weight is 1220 g/mol. The molecular formula is C92H49B2N3. The van der Waals surface area contributed by atoms with E-state index in [9.17, 15) is 0 Å². The number of nitrogens with zero attached hydrogens (tertiary/aromatic N) is 3. The van der Waals surface area contributed by atoms with Gasteiger partial charge in [0.15, 0.2) is 0 Å². The first-order chi connectivity index (χ1) is 48.2. The summed E-state index contributed by atoms with van der Waals surface area (Å²) in [6.45, 7) is -0.325. The van der Waals surface area contributed by atoms with Gasteiger partial charge in [0.05, 0.1) is 43.7 Å². The third kappa shape index (κ3) is 4.60. The molecule has 97 heavy (non-hydrogen) atoms. The van der Waals surface area contributed by atoms with Crippen LogP contribution in [0.5, 0.6) is 0 Å². The van der Waals surface area contributed by atoms with Crippen molar-refractivity contribution in [1.82, 2.24) is 13.4 Å². The molecule has 0 atom stereocenters. The molecule has 9 heterocycles. The second kappa shape index (κ2) is 15.6.